The molecule has 0 radical (unpaired) electrons. The molecule has 110 valence electrons. The average molecular weight is 343 g/mol. The molecule has 1 heterocycles. The summed E-state index contributed by atoms with van der Waals surface area (Å²) in [5.41, 5.74) is 1.60. The highest BCUT2D eigenvalue weighted by Crippen LogP contribution is 2.35. The zero-order valence-electron chi connectivity index (χ0n) is 12.3. The van der Waals surface area contributed by atoms with Gasteiger partial charge in [0.25, 0.3) is 0 Å². The summed E-state index contributed by atoms with van der Waals surface area (Å²) in [5, 5.41) is 10.2. The Morgan fingerprint density at radius 2 is 1.95 bits per heavy atom. The van der Waals surface area contributed by atoms with E-state index in [-0.39, 0.29) is 10.6 Å². The summed E-state index contributed by atoms with van der Waals surface area (Å²) in [6, 6.07) is 5.95. The third-order valence-electron chi connectivity index (χ3n) is 3.55. The fourth-order valence-corrected chi connectivity index (χ4v) is 2.87. The minimum absolute atomic E-state index is 0.0942. The molecule has 1 amide bonds. The van der Waals surface area contributed by atoms with Gasteiger partial charge >= 0.3 is 6.09 Å². The van der Waals surface area contributed by atoms with E-state index < -0.39 is 11.8 Å². The first-order chi connectivity index (χ1) is 9.14. The Morgan fingerprint density at radius 1 is 1.35 bits per heavy atom. The number of carbonyl (C=O) groups excluding carboxylic acids is 1. The highest BCUT2D eigenvalue weighted by Gasteiger charge is 2.49. The van der Waals surface area contributed by atoms with Crippen LogP contribution in [-0.4, -0.2) is 27.5 Å². The first kappa shape index (κ1) is 15.5. The number of rotatable bonds is 1. The van der Waals surface area contributed by atoms with Crippen molar-refractivity contribution in [3.8, 4) is 0 Å². The molecule has 1 N–H and O–H groups in total. The number of halogens is 1. The minimum atomic E-state index is -0.809. The number of aliphatic hydroxyl groups excluding tert-OH is 1. The Hall–Kier alpha value is -0.910. The van der Waals surface area contributed by atoms with Crippen LogP contribution in [0.1, 0.15) is 38.8 Å². The summed E-state index contributed by atoms with van der Waals surface area (Å²) in [5.74, 6) is 0. The highest BCUT2D eigenvalue weighted by atomic mass is 79.9. The fourth-order valence-electron chi connectivity index (χ4n) is 2.46. The van der Waals surface area contributed by atoms with Crippen LogP contribution in [0.3, 0.4) is 0 Å². The van der Waals surface area contributed by atoms with E-state index in [1.807, 2.05) is 39.0 Å². The van der Waals surface area contributed by atoms with E-state index in [2.05, 4.69) is 15.9 Å². The lowest BCUT2D eigenvalue weighted by Gasteiger charge is -2.34. The van der Waals surface area contributed by atoms with Crippen LogP contribution in [0.2, 0.25) is 0 Å². The lowest BCUT2D eigenvalue weighted by molar-refractivity contribution is -0.922. The monoisotopic (exact) mass is 342 g/mol. The van der Waals surface area contributed by atoms with Crippen LogP contribution in [0.15, 0.2) is 22.7 Å². The van der Waals surface area contributed by atoms with Gasteiger partial charge in [-0.15, -0.1) is 0 Å². The smallest absolute Gasteiger partial charge is 0.414 e. The second-order valence-electron chi connectivity index (χ2n) is 6.38. The molecule has 2 atom stereocenters. The molecule has 1 aliphatic heterocycles. The molecule has 1 aromatic rings. The summed E-state index contributed by atoms with van der Waals surface area (Å²) in [6.45, 7) is 8.08. The zero-order chi connectivity index (χ0) is 15.1. The molecule has 4 nitrogen and oxygen atoms in total. The molecule has 2 rings (SSSR count). The molecule has 0 fully saturated rings. The maximum Gasteiger partial charge on any atom is 0.519 e. The topological polar surface area (TPSA) is 46.5 Å². The molecule has 1 aromatic carbocycles. The average Bonchev–Trinajstić information content (AvgIpc) is 2.66. The van der Waals surface area contributed by atoms with Crippen molar-refractivity contribution in [3.63, 3.8) is 0 Å². The quantitative estimate of drug-likeness (QED) is 0.794. The Kier molecular flexibility index (Phi) is 3.97. The molecular formula is C15H21BrNO3+. The van der Waals surface area contributed by atoms with Gasteiger partial charge in [0.2, 0.25) is 0 Å². The highest BCUT2D eigenvalue weighted by molar-refractivity contribution is 9.10. The number of ether oxygens (including phenoxy) is 1. The van der Waals surface area contributed by atoms with Gasteiger partial charge in [-0.3, -0.25) is 0 Å². The number of hydrogen-bond donors (Lipinski definition) is 1. The molecule has 5 heteroatoms. The summed E-state index contributed by atoms with van der Waals surface area (Å²) in [7, 11) is 0. The van der Waals surface area contributed by atoms with Gasteiger partial charge in [0.05, 0.1) is 0 Å². The first-order valence-corrected chi connectivity index (χ1v) is 7.49. The molecule has 0 saturated carbocycles. The predicted octanol–water partition coefficient (Wildman–Crippen LogP) is 3.55. The fraction of sp³-hybridized carbons (Fsp3) is 0.533. The van der Waals surface area contributed by atoms with Crippen LogP contribution >= 0.6 is 15.9 Å². The van der Waals surface area contributed by atoms with Crippen LogP contribution in [0.4, 0.5) is 4.79 Å². The summed E-state index contributed by atoms with van der Waals surface area (Å²) in [6.07, 6.45) is -1.18. The maximum absolute atomic E-state index is 12.6. The third-order valence-corrected chi connectivity index (χ3v) is 4.04. The van der Waals surface area contributed by atoms with Crippen molar-refractivity contribution in [1.29, 1.82) is 0 Å². The van der Waals surface area contributed by atoms with Gasteiger partial charge in [0.1, 0.15) is 18.7 Å². The van der Waals surface area contributed by atoms with E-state index in [9.17, 15) is 9.90 Å². The lowest BCUT2D eigenvalue weighted by Crippen LogP contribution is -2.56. The van der Waals surface area contributed by atoms with E-state index in [4.69, 9.17) is 4.74 Å². The van der Waals surface area contributed by atoms with Crippen LogP contribution in [0.5, 0.6) is 0 Å². The molecule has 0 spiro atoms. The second kappa shape index (κ2) is 5.13. The molecule has 0 bridgehead atoms. The van der Waals surface area contributed by atoms with Gasteiger partial charge in [0, 0.05) is 22.5 Å². The zero-order valence-corrected chi connectivity index (χ0v) is 13.9. The molecule has 1 aliphatic rings. The number of benzene rings is 1. The van der Waals surface area contributed by atoms with E-state index >= 15 is 0 Å². The van der Waals surface area contributed by atoms with Gasteiger partial charge in [0.15, 0.2) is 6.23 Å². The van der Waals surface area contributed by atoms with Crippen LogP contribution in [-0.2, 0) is 17.8 Å². The van der Waals surface area contributed by atoms with Crippen molar-refractivity contribution >= 4 is 22.0 Å². The van der Waals surface area contributed by atoms with Crippen molar-refractivity contribution in [1.82, 2.24) is 0 Å². The maximum atomic E-state index is 12.6. The van der Waals surface area contributed by atoms with E-state index in [1.165, 1.54) is 0 Å². The second-order valence-corrected chi connectivity index (χ2v) is 7.29. The molecular weight excluding hydrogens is 322 g/mol. The number of hydrogen-bond acceptors (Lipinski definition) is 3. The van der Waals surface area contributed by atoms with Crippen molar-refractivity contribution in [2.24, 2.45) is 0 Å². The number of aliphatic hydroxyl groups is 1. The number of fused-ring (bicyclic) bond motifs is 1. The molecule has 20 heavy (non-hydrogen) atoms. The summed E-state index contributed by atoms with van der Waals surface area (Å²) < 4.78 is 6.39. The van der Waals surface area contributed by atoms with E-state index in [0.29, 0.717) is 13.1 Å². The Morgan fingerprint density at radius 3 is 2.50 bits per heavy atom. The molecule has 0 aliphatic carbocycles. The SMILES string of the molecule is C[C@@H](O)[N+]1(C(=O)OC(C)(C)C)Cc2ccc(Br)cc2C1. The third kappa shape index (κ3) is 2.90. The lowest BCUT2D eigenvalue weighted by atomic mass is 10.1. The Bertz CT molecular complexity index is 536. The molecule has 0 aromatic heterocycles. The summed E-state index contributed by atoms with van der Waals surface area (Å²) >= 11 is 3.44. The standard InChI is InChI=1S/C15H21BrNO3/c1-10(18)17(14(19)20-15(2,3)4)8-11-5-6-13(16)7-12(11)9-17/h5-7,10,18H,8-9H2,1-4H3/q+1/t10-,17?/m1/s1. The predicted molar refractivity (Wildman–Crippen MR) is 79.7 cm³/mol. The van der Waals surface area contributed by atoms with Crippen molar-refractivity contribution in [2.45, 2.75) is 52.6 Å². The van der Waals surface area contributed by atoms with E-state index in [1.54, 1.807) is 6.92 Å². The van der Waals surface area contributed by atoms with Crippen LogP contribution in [0.25, 0.3) is 0 Å². The van der Waals surface area contributed by atoms with Crippen LogP contribution < -0.4 is 0 Å². The molecule has 0 saturated heterocycles. The number of carbonyl (C=O) groups is 1. The van der Waals surface area contributed by atoms with Gasteiger partial charge in [-0.25, -0.2) is 0 Å². The summed E-state index contributed by atoms with van der Waals surface area (Å²) in [4.78, 5) is 12.6. The van der Waals surface area contributed by atoms with Crippen molar-refractivity contribution < 1.29 is 19.1 Å². The number of amides is 1. The Labute approximate surface area is 128 Å². The normalized spacial score (nSPS) is 23.3. The van der Waals surface area contributed by atoms with E-state index in [0.717, 1.165) is 15.6 Å². The van der Waals surface area contributed by atoms with Gasteiger partial charge in [-0.2, -0.15) is 9.28 Å². The Balaban J connectivity index is 2.33. The first-order valence-electron chi connectivity index (χ1n) is 6.70. The molecule has 1 unspecified atom stereocenters. The van der Waals surface area contributed by atoms with Gasteiger partial charge in [-0.1, -0.05) is 22.0 Å². The number of nitrogens with zero attached hydrogens (tertiary/aromatic N) is 1. The van der Waals surface area contributed by atoms with Gasteiger partial charge in [-0.05, 0) is 32.9 Å². The van der Waals surface area contributed by atoms with Gasteiger partial charge < -0.3 is 9.84 Å². The van der Waals surface area contributed by atoms with Crippen LogP contribution in [0, 0.1) is 0 Å². The van der Waals surface area contributed by atoms with Crippen molar-refractivity contribution in [2.75, 3.05) is 0 Å². The minimum Gasteiger partial charge on any atom is -0.414 e. The number of quaternary nitrogens is 1. The largest absolute Gasteiger partial charge is 0.519 e. The van der Waals surface area contributed by atoms with Crippen molar-refractivity contribution in [3.05, 3.63) is 33.8 Å².